The summed E-state index contributed by atoms with van der Waals surface area (Å²) in [6.07, 6.45) is 0. The van der Waals surface area contributed by atoms with Gasteiger partial charge in [-0.2, -0.15) is 0 Å². The summed E-state index contributed by atoms with van der Waals surface area (Å²) in [5, 5.41) is 0.743. The minimum atomic E-state index is -0.367. The van der Waals surface area contributed by atoms with E-state index in [9.17, 15) is 0 Å². The third-order valence-electron chi connectivity index (χ3n) is 3.11. The number of hydrogen-bond acceptors (Lipinski definition) is 2. The first kappa shape index (κ1) is 12.5. The second-order valence-corrected chi connectivity index (χ2v) is 4.87. The molecular formula is C12H19ClN2. The van der Waals surface area contributed by atoms with Gasteiger partial charge in [0.15, 0.2) is 0 Å². The van der Waals surface area contributed by atoms with Crippen LogP contribution in [0, 0.1) is 0 Å². The lowest BCUT2D eigenvalue weighted by Crippen LogP contribution is -2.50. The zero-order valence-corrected chi connectivity index (χ0v) is 10.5. The predicted octanol–water partition coefficient (Wildman–Crippen LogP) is 2.46. The van der Waals surface area contributed by atoms with Crippen LogP contribution in [-0.4, -0.2) is 25.0 Å². The summed E-state index contributed by atoms with van der Waals surface area (Å²) >= 11 is 5.85. The van der Waals surface area contributed by atoms with Crippen molar-refractivity contribution in [2.24, 2.45) is 5.73 Å². The standard InChI is InChI=1S/C12H19ClN2/c1-9(15(3)4)12(2,14)10-5-7-11(13)8-6-10/h5-9H,14H2,1-4H3. The maximum Gasteiger partial charge on any atom is 0.0535 e. The Bertz CT molecular complexity index is 317. The Kier molecular flexibility index (Phi) is 3.77. The van der Waals surface area contributed by atoms with E-state index in [1.54, 1.807) is 0 Å². The van der Waals surface area contributed by atoms with Crippen LogP contribution in [0.3, 0.4) is 0 Å². The first-order chi connectivity index (χ1) is 6.85. The lowest BCUT2D eigenvalue weighted by Gasteiger charge is -2.36. The van der Waals surface area contributed by atoms with Gasteiger partial charge in [0.2, 0.25) is 0 Å². The highest BCUT2D eigenvalue weighted by Gasteiger charge is 2.29. The number of rotatable bonds is 3. The number of likely N-dealkylation sites (N-methyl/N-ethyl adjacent to an activating group) is 1. The van der Waals surface area contributed by atoms with Crippen molar-refractivity contribution in [3.8, 4) is 0 Å². The zero-order chi connectivity index (χ0) is 11.6. The van der Waals surface area contributed by atoms with Crippen molar-refractivity contribution in [2.45, 2.75) is 25.4 Å². The molecule has 0 amide bonds. The van der Waals surface area contributed by atoms with Gasteiger partial charge in [-0.15, -0.1) is 0 Å². The molecule has 0 aliphatic heterocycles. The van der Waals surface area contributed by atoms with Gasteiger partial charge in [-0.05, 0) is 45.6 Å². The van der Waals surface area contributed by atoms with E-state index in [4.69, 9.17) is 17.3 Å². The number of hydrogen-bond donors (Lipinski definition) is 1. The van der Waals surface area contributed by atoms with Crippen LogP contribution in [0.4, 0.5) is 0 Å². The first-order valence-corrected chi connectivity index (χ1v) is 5.45. The van der Waals surface area contributed by atoms with Gasteiger partial charge in [0, 0.05) is 11.1 Å². The molecule has 1 aromatic rings. The van der Waals surface area contributed by atoms with Gasteiger partial charge < -0.3 is 10.6 Å². The van der Waals surface area contributed by atoms with Crippen LogP contribution in [0.25, 0.3) is 0 Å². The largest absolute Gasteiger partial charge is 0.320 e. The van der Waals surface area contributed by atoms with E-state index in [0.29, 0.717) is 0 Å². The first-order valence-electron chi connectivity index (χ1n) is 5.07. The Morgan fingerprint density at radius 1 is 1.27 bits per heavy atom. The van der Waals surface area contributed by atoms with E-state index < -0.39 is 0 Å². The van der Waals surface area contributed by atoms with E-state index in [1.807, 2.05) is 45.3 Å². The van der Waals surface area contributed by atoms with Gasteiger partial charge in [0.25, 0.3) is 0 Å². The van der Waals surface area contributed by atoms with Crippen LogP contribution in [0.15, 0.2) is 24.3 Å². The highest BCUT2D eigenvalue weighted by Crippen LogP contribution is 2.25. The number of benzene rings is 1. The summed E-state index contributed by atoms with van der Waals surface area (Å²) in [7, 11) is 4.07. The van der Waals surface area contributed by atoms with Crippen LogP contribution < -0.4 is 5.73 Å². The Morgan fingerprint density at radius 2 is 1.73 bits per heavy atom. The average Bonchev–Trinajstić information content (AvgIpc) is 2.17. The average molecular weight is 227 g/mol. The van der Waals surface area contributed by atoms with Gasteiger partial charge in [-0.25, -0.2) is 0 Å². The molecule has 2 atom stereocenters. The van der Waals surface area contributed by atoms with E-state index >= 15 is 0 Å². The predicted molar refractivity (Wildman–Crippen MR) is 66.1 cm³/mol. The maximum absolute atomic E-state index is 6.35. The molecule has 2 N–H and O–H groups in total. The number of halogens is 1. The van der Waals surface area contributed by atoms with Crippen molar-refractivity contribution in [1.82, 2.24) is 4.90 Å². The van der Waals surface area contributed by atoms with Gasteiger partial charge in [-0.1, -0.05) is 23.7 Å². The summed E-state index contributed by atoms with van der Waals surface area (Å²) in [6.45, 7) is 4.16. The van der Waals surface area contributed by atoms with Crippen molar-refractivity contribution in [3.63, 3.8) is 0 Å². The maximum atomic E-state index is 6.35. The topological polar surface area (TPSA) is 29.3 Å². The normalized spacial score (nSPS) is 17.5. The molecule has 0 heterocycles. The molecule has 0 bridgehead atoms. The molecule has 0 fully saturated rings. The van der Waals surface area contributed by atoms with Gasteiger partial charge in [0.05, 0.1) is 5.54 Å². The molecule has 0 radical (unpaired) electrons. The van der Waals surface area contributed by atoms with Gasteiger partial charge in [-0.3, -0.25) is 0 Å². The molecule has 0 saturated carbocycles. The molecule has 2 nitrogen and oxygen atoms in total. The zero-order valence-electron chi connectivity index (χ0n) is 9.79. The third-order valence-corrected chi connectivity index (χ3v) is 3.36. The minimum absolute atomic E-state index is 0.263. The van der Waals surface area contributed by atoms with Crippen molar-refractivity contribution in [3.05, 3.63) is 34.9 Å². The molecule has 15 heavy (non-hydrogen) atoms. The molecule has 1 rings (SSSR count). The summed E-state index contributed by atoms with van der Waals surface area (Å²) in [4.78, 5) is 2.12. The summed E-state index contributed by atoms with van der Waals surface area (Å²) in [5.74, 6) is 0. The fourth-order valence-corrected chi connectivity index (χ4v) is 1.71. The fraction of sp³-hybridized carbons (Fsp3) is 0.500. The smallest absolute Gasteiger partial charge is 0.0535 e. The monoisotopic (exact) mass is 226 g/mol. The fourth-order valence-electron chi connectivity index (χ4n) is 1.59. The third kappa shape index (κ3) is 2.71. The van der Waals surface area contributed by atoms with Gasteiger partial charge in [0.1, 0.15) is 0 Å². The van der Waals surface area contributed by atoms with E-state index in [2.05, 4.69) is 11.8 Å². The molecular weight excluding hydrogens is 208 g/mol. The lowest BCUT2D eigenvalue weighted by atomic mass is 9.86. The second-order valence-electron chi connectivity index (χ2n) is 4.43. The molecule has 0 saturated heterocycles. The lowest BCUT2D eigenvalue weighted by molar-refractivity contribution is 0.207. The Hall–Kier alpha value is -0.570. The summed E-state index contributed by atoms with van der Waals surface area (Å²) in [5.41, 5.74) is 7.09. The Morgan fingerprint density at radius 3 is 2.13 bits per heavy atom. The molecule has 2 unspecified atom stereocenters. The number of nitrogens with zero attached hydrogens (tertiary/aromatic N) is 1. The van der Waals surface area contributed by atoms with Crippen molar-refractivity contribution < 1.29 is 0 Å². The number of nitrogens with two attached hydrogens (primary N) is 1. The minimum Gasteiger partial charge on any atom is -0.320 e. The highest BCUT2D eigenvalue weighted by atomic mass is 35.5. The second kappa shape index (κ2) is 4.52. The SMILES string of the molecule is CC(N(C)C)C(C)(N)c1ccc(Cl)cc1. The highest BCUT2D eigenvalue weighted by molar-refractivity contribution is 6.30. The molecule has 1 aromatic carbocycles. The molecule has 3 heteroatoms. The quantitative estimate of drug-likeness (QED) is 0.858. The van der Waals surface area contributed by atoms with Crippen LogP contribution in [0.5, 0.6) is 0 Å². The van der Waals surface area contributed by atoms with Crippen LogP contribution >= 0.6 is 11.6 Å². The van der Waals surface area contributed by atoms with E-state index in [0.717, 1.165) is 10.6 Å². The van der Waals surface area contributed by atoms with Gasteiger partial charge >= 0.3 is 0 Å². The summed E-state index contributed by atoms with van der Waals surface area (Å²) < 4.78 is 0. The molecule has 0 aliphatic rings. The molecule has 84 valence electrons. The summed E-state index contributed by atoms with van der Waals surface area (Å²) in [6, 6.07) is 8.00. The van der Waals surface area contributed by atoms with Crippen molar-refractivity contribution in [2.75, 3.05) is 14.1 Å². The molecule has 0 aromatic heterocycles. The molecule has 0 spiro atoms. The Balaban J connectivity index is 2.99. The molecule has 0 aliphatic carbocycles. The van der Waals surface area contributed by atoms with E-state index in [1.165, 1.54) is 0 Å². The van der Waals surface area contributed by atoms with Crippen molar-refractivity contribution >= 4 is 11.6 Å². The van der Waals surface area contributed by atoms with Crippen LogP contribution in [-0.2, 0) is 5.54 Å². The van der Waals surface area contributed by atoms with E-state index in [-0.39, 0.29) is 11.6 Å². The van der Waals surface area contributed by atoms with Crippen molar-refractivity contribution in [1.29, 1.82) is 0 Å². The van der Waals surface area contributed by atoms with Crippen LogP contribution in [0.2, 0.25) is 5.02 Å². The van der Waals surface area contributed by atoms with Crippen LogP contribution in [0.1, 0.15) is 19.4 Å². The Labute approximate surface area is 97.0 Å².